The molecule has 0 fully saturated rings. The molecule has 12 rings (SSSR count). The number of aromatic nitrogens is 2. The molecule has 4 aromatic carbocycles. The molecule has 298 valence electrons. The number of rotatable bonds is 9. The van der Waals surface area contributed by atoms with Crippen LogP contribution in [0.2, 0.25) is 0 Å². The lowest BCUT2D eigenvalue weighted by molar-refractivity contribution is -0.834. The third kappa shape index (κ3) is 5.08. The van der Waals surface area contributed by atoms with Crippen molar-refractivity contribution in [2.24, 2.45) is 0 Å². The topological polar surface area (TPSA) is 15.9 Å². The molecule has 0 amide bonds. The number of thiol groups is 1. The monoisotopic (exact) mass is 868 g/mol. The van der Waals surface area contributed by atoms with E-state index in [-0.39, 0.29) is 32.7 Å². The van der Waals surface area contributed by atoms with Gasteiger partial charge in [-0.3, -0.25) is 0 Å². The number of nitrogens with zero attached hydrogens (tertiary/aromatic N) is 4. The maximum absolute atomic E-state index is 2.70. The zero-order valence-electron chi connectivity index (χ0n) is 35.5. The summed E-state index contributed by atoms with van der Waals surface area (Å²) >= 11 is 1.38. The summed E-state index contributed by atoms with van der Waals surface area (Å²) in [7, 11) is 0.520. The number of hydrogen-bond donors (Lipinski definition) is 0. The smallest absolute Gasteiger partial charge is 0.198 e. The van der Waals surface area contributed by atoms with Crippen LogP contribution in [0.15, 0.2) is 172 Å². The van der Waals surface area contributed by atoms with Gasteiger partial charge in [0, 0.05) is 62.6 Å². The minimum absolute atomic E-state index is 0.173. The van der Waals surface area contributed by atoms with Crippen LogP contribution in [-0.4, -0.2) is 73.5 Å². The average Bonchev–Trinajstić information content (AvgIpc) is 4.10. The predicted molar refractivity (Wildman–Crippen MR) is 264 cm³/mol. The van der Waals surface area contributed by atoms with Crippen molar-refractivity contribution < 1.29 is 9.15 Å². The van der Waals surface area contributed by atoms with E-state index in [1.165, 1.54) is 121 Å². The summed E-state index contributed by atoms with van der Waals surface area (Å²) in [6, 6.07) is 47.2. The predicted octanol–water partition coefficient (Wildman–Crippen LogP) is 7.08. The second kappa shape index (κ2) is 13.7. The molecule has 2 aromatic heterocycles. The van der Waals surface area contributed by atoms with Gasteiger partial charge in [0.25, 0.3) is 0 Å². The van der Waals surface area contributed by atoms with Gasteiger partial charge in [0.05, 0.1) is 50.6 Å². The van der Waals surface area contributed by atoms with Crippen molar-refractivity contribution in [1.82, 2.24) is 9.13 Å². The molecule has 8 heterocycles. The fourth-order valence-corrected chi connectivity index (χ4v) is 13.2. The van der Waals surface area contributed by atoms with Gasteiger partial charge in [-0.15, -0.1) is 0 Å². The zero-order valence-corrected chi connectivity index (χ0v) is 38.9. The molecule has 6 aliphatic rings. The first-order valence-corrected chi connectivity index (χ1v) is 28.4. The summed E-state index contributed by atoms with van der Waals surface area (Å²) < 4.78 is 10.8. The maximum Gasteiger partial charge on any atom is 0.553 e. The lowest BCUT2D eigenvalue weighted by Crippen LogP contribution is -2.71. The first kappa shape index (κ1) is 37.6. The standard InChI is InChI=1S/C53H47N4S4/c1-58-32-33-8-10-34(11-9-33)49-41-24-26-43-50(35-12-18-38(19-13-35)59(2)3)45-28-30-47-52(37-16-22-40(23-17-37)61(6)7)48-31-29-46-51(36-14-20-39(21-15-36)60(4)5)44-27-25-42(49)55(44)53(54(41)43,56(45)47)57(46)48/h8-31H,32H2,1-7H3/q+5/p+1. The Hall–Kier alpha value is -5.12. The molecule has 61 heavy (non-hydrogen) atoms. The lowest BCUT2D eigenvalue weighted by Gasteiger charge is -2.41. The van der Waals surface area contributed by atoms with Gasteiger partial charge in [0.1, 0.15) is 43.3 Å². The highest BCUT2D eigenvalue weighted by Crippen LogP contribution is 2.53. The molecule has 8 heteroatoms. The van der Waals surface area contributed by atoms with Crippen molar-refractivity contribution >= 4 is 78.2 Å². The summed E-state index contributed by atoms with van der Waals surface area (Å²) in [4.78, 5) is 4.15. The summed E-state index contributed by atoms with van der Waals surface area (Å²) in [6.45, 7) is 0. The molecule has 0 saturated heterocycles. The highest BCUT2D eigenvalue weighted by atomic mass is 32.2. The molecule has 6 aliphatic heterocycles. The SMILES string of the molecule is C[SH+]Cc1ccc(C2=c3ccc4n3C35n6c(ccc6C(c6ccc([S+](C)C)cc6)=C6C=CC(=[N+]63)C=4c3ccc([S+](C)C)cc3)C(c3ccc([S+](C)C)cc3)=C3C=CC2=[N+]35)cc1. The molecule has 6 aromatic rings. The molecule has 1 spiro atoms. The van der Waals surface area contributed by atoms with Crippen LogP contribution < -0.4 is 10.7 Å². The third-order valence-corrected chi connectivity index (χ3v) is 17.5. The average molecular weight is 869 g/mol. The van der Waals surface area contributed by atoms with Crippen molar-refractivity contribution in [1.29, 1.82) is 0 Å². The highest BCUT2D eigenvalue weighted by Gasteiger charge is 2.73. The van der Waals surface area contributed by atoms with Crippen molar-refractivity contribution in [3.05, 3.63) is 207 Å². The van der Waals surface area contributed by atoms with Gasteiger partial charge in [0.2, 0.25) is 22.8 Å². The second-order valence-electron chi connectivity index (χ2n) is 17.1. The minimum atomic E-state index is -0.788. The van der Waals surface area contributed by atoms with Crippen LogP contribution in [-0.2, 0) is 56.1 Å². The summed E-state index contributed by atoms with van der Waals surface area (Å²) in [6.07, 6.45) is 25.7. The molecule has 1 atom stereocenters. The Kier molecular flexibility index (Phi) is 8.44. The molecule has 0 aliphatic carbocycles. The van der Waals surface area contributed by atoms with Crippen molar-refractivity contribution in [3.8, 4) is 0 Å². The zero-order chi connectivity index (χ0) is 41.5. The highest BCUT2D eigenvalue weighted by molar-refractivity contribution is 7.96. The Morgan fingerprint density at radius 1 is 0.443 bits per heavy atom. The van der Waals surface area contributed by atoms with Gasteiger partial charge in [-0.1, -0.05) is 33.4 Å². The van der Waals surface area contributed by atoms with Crippen molar-refractivity contribution in [2.45, 2.75) is 26.4 Å². The van der Waals surface area contributed by atoms with Crippen LogP contribution in [0, 0.1) is 0 Å². The van der Waals surface area contributed by atoms with Crippen LogP contribution in [0.3, 0.4) is 0 Å². The first-order chi connectivity index (χ1) is 29.7. The van der Waals surface area contributed by atoms with E-state index < -0.39 is 5.91 Å². The van der Waals surface area contributed by atoms with E-state index in [0.29, 0.717) is 0 Å². The normalized spacial score (nSPS) is 18.9. The van der Waals surface area contributed by atoms with E-state index in [1.807, 2.05) is 0 Å². The molecule has 0 N–H and O–H groups in total. The van der Waals surface area contributed by atoms with Crippen LogP contribution in [0.5, 0.6) is 0 Å². The number of hydrogen-bond acceptors (Lipinski definition) is 0. The summed E-state index contributed by atoms with van der Waals surface area (Å²) in [5.74, 6) is 0.268. The largest absolute Gasteiger partial charge is 0.553 e. The van der Waals surface area contributed by atoms with Gasteiger partial charge in [-0.05, 0) is 131 Å². The molecule has 0 radical (unpaired) electrons. The maximum atomic E-state index is 2.70. The van der Waals surface area contributed by atoms with Gasteiger partial charge < -0.3 is 0 Å². The van der Waals surface area contributed by atoms with Crippen LogP contribution in [0.25, 0.3) is 22.3 Å². The van der Waals surface area contributed by atoms with E-state index in [2.05, 4.69) is 208 Å². The van der Waals surface area contributed by atoms with Gasteiger partial charge >= 0.3 is 5.91 Å². The second-order valence-corrected chi connectivity index (χ2v) is 24.3. The molecule has 0 bridgehead atoms. The van der Waals surface area contributed by atoms with E-state index in [4.69, 9.17) is 0 Å². The fraction of sp³-hybridized carbons (Fsp3) is 0.170. The minimum Gasteiger partial charge on any atom is -0.198 e. The van der Waals surface area contributed by atoms with Gasteiger partial charge in [-0.2, -0.15) is 9.13 Å². The fourth-order valence-electron chi connectivity index (χ4n) is 10.5. The molecular formula is C53H48N4S4+6. The van der Waals surface area contributed by atoms with Gasteiger partial charge in [-0.25, -0.2) is 0 Å². The summed E-state index contributed by atoms with van der Waals surface area (Å²) in [5, 5.41) is 2.47. The van der Waals surface area contributed by atoms with E-state index in [9.17, 15) is 0 Å². The third-order valence-electron chi connectivity index (χ3n) is 13.2. The van der Waals surface area contributed by atoms with Crippen LogP contribution in [0.1, 0.15) is 39.2 Å². The van der Waals surface area contributed by atoms with E-state index >= 15 is 0 Å². The quantitative estimate of drug-likeness (QED) is 0.0841. The van der Waals surface area contributed by atoms with Crippen LogP contribution in [0.4, 0.5) is 0 Å². The lowest BCUT2D eigenvalue weighted by atomic mass is 9.92. The molecule has 0 saturated carbocycles. The molecular weight excluding hydrogens is 821 g/mol. The Balaban J connectivity index is 1.25. The van der Waals surface area contributed by atoms with Crippen LogP contribution >= 0.6 is 0 Å². The Morgan fingerprint density at radius 3 is 1.20 bits per heavy atom. The van der Waals surface area contributed by atoms with E-state index in [1.54, 1.807) is 0 Å². The Morgan fingerprint density at radius 2 is 0.820 bits per heavy atom. The van der Waals surface area contributed by atoms with Crippen molar-refractivity contribution in [2.75, 3.05) is 43.8 Å². The van der Waals surface area contributed by atoms with Crippen molar-refractivity contribution in [3.63, 3.8) is 0 Å². The summed E-state index contributed by atoms with van der Waals surface area (Å²) in [5.41, 5.74) is 18.8. The van der Waals surface area contributed by atoms with E-state index in [0.717, 1.165) is 5.75 Å². The first-order valence-electron chi connectivity index (χ1n) is 20.8. The Labute approximate surface area is 371 Å². The Bertz CT molecular complexity index is 3220. The number of allylic oxidation sites excluding steroid dienone is 4. The number of benzene rings is 4. The molecule has 4 nitrogen and oxygen atoms in total. The van der Waals surface area contributed by atoms with Gasteiger partial charge in [0.15, 0.2) is 14.7 Å². The molecule has 1 unspecified atom stereocenters.